The Kier molecular flexibility index (Phi) is 14.2. The number of benzene rings is 4. The first kappa shape index (κ1) is 51.3. The molecule has 21 nitrogen and oxygen atoms in total. The zero-order valence-corrected chi connectivity index (χ0v) is 39.1. The van der Waals surface area contributed by atoms with Gasteiger partial charge in [0.2, 0.25) is 0 Å². The van der Waals surface area contributed by atoms with Gasteiger partial charge in [0, 0.05) is 33.7 Å². The van der Waals surface area contributed by atoms with Crippen molar-refractivity contribution in [2.45, 2.75) is 55.9 Å². The zero-order valence-electron chi connectivity index (χ0n) is 36.5. The highest BCUT2D eigenvalue weighted by atomic mass is 32.2. The lowest BCUT2D eigenvalue weighted by Crippen LogP contribution is -2.38. The van der Waals surface area contributed by atoms with E-state index in [1.807, 2.05) is 0 Å². The number of amides is 2. The van der Waals surface area contributed by atoms with Crippen molar-refractivity contribution in [3.05, 3.63) is 92.8 Å². The van der Waals surface area contributed by atoms with Crippen molar-refractivity contribution in [3.63, 3.8) is 0 Å². The molecule has 2 amide bonds. The van der Waals surface area contributed by atoms with Crippen LogP contribution in [0.25, 0.3) is 32.3 Å². The van der Waals surface area contributed by atoms with Crippen LogP contribution in [0.3, 0.4) is 0 Å². The van der Waals surface area contributed by atoms with E-state index in [1.165, 1.54) is 19.9 Å². The van der Waals surface area contributed by atoms with Crippen LogP contribution in [0.2, 0.25) is 0 Å². The van der Waals surface area contributed by atoms with Crippen LogP contribution >= 0.6 is 18.9 Å². The van der Waals surface area contributed by atoms with Gasteiger partial charge >= 0.3 is 31.5 Å². The maximum atomic E-state index is 18.2. The second kappa shape index (κ2) is 19.7. The van der Waals surface area contributed by atoms with Gasteiger partial charge in [0.05, 0.1) is 60.2 Å². The number of hydrogen-bond acceptors (Lipinski definition) is 14. The summed E-state index contributed by atoms with van der Waals surface area (Å²) >= 11 is 0.0285. The predicted molar refractivity (Wildman–Crippen MR) is 240 cm³/mol. The molecule has 2 aliphatic heterocycles. The van der Waals surface area contributed by atoms with Crippen molar-refractivity contribution in [2.75, 3.05) is 19.4 Å². The summed E-state index contributed by atoms with van der Waals surface area (Å²) in [7, 11) is -10.2. The molecule has 4 aromatic carbocycles. The molecular formula is C44H36F3N4O17PS2. The van der Waals surface area contributed by atoms with Crippen LogP contribution in [-0.4, -0.2) is 101 Å². The fraction of sp³-hybridized carbons (Fsp3) is 0.250. The van der Waals surface area contributed by atoms with Gasteiger partial charge in [-0.05, 0) is 66.4 Å². The molecule has 372 valence electrons. The molecule has 3 unspecified atom stereocenters. The number of nitrogens with zero attached hydrogens (tertiary/aromatic N) is 1. The van der Waals surface area contributed by atoms with Crippen molar-refractivity contribution in [2.24, 2.45) is 0 Å². The molecule has 5 aromatic rings. The Morgan fingerprint density at radius 2 is 1.24 bits per heavy atom. The number of rotatable bonds is 16. The molecule has 4 bridgehead atoms. The van der Waals surface area contributed by atoms with Crippen molar-refractivity contribution >= 4 is 74.7 Å². The molecule has 27 heteroatoms. The fourth-order valence-electron chi connectivity index (χ4n) is 8.06. The van der Waals surface area contributed by atoms with E-state index in [9.17, 15) is 71.5 Å². The van der Waals surface area contributed by atoms with Gasteiger partial charge < -0.3 is 50.0 Å². The molecule has 3 heterocycles. The number of hydrogen-bond donors (Lipinski definition) is 8. The van der Waals surface area contributed by atoms with Crippen LogP contribution in [0.1, 0.15) is 62.4 Å². The monoisotopic (exact) mass is 1040 g/mol. The molecule has 1 aromatic heterocycles. The SMILES string of the molecule is CC1CNC(=O)c2c(CC(=O)O)c(cc(-c3c(-c4cc5c(CC(=O)O)c(c4CC(=O)O)C(=O)NCC(C)O5)c(F)c4sc(S(=O)(=O)NCP(=O)(O)Oc5ccc(C#N)c(F)c5)cc4c3F)c2CC(=O)O)O1. The number of carbonyl (C=O) groups excluding carboxylic acids is 2. The minimum absolute atomic E-state index is 0.0285. The number of nitriles is 1. The van der Waals surface area contributed by atoms with E-state index in [2.05, 4.69) is 10.6 Å². The number of fused-ring (bicyclic) bond motifs is 5. The third-order valence-electron chi connectivity index (χ3n) is 10.9. The van der Waals surface area contributed by atoms with Crippen molar-refractivity contribution in [1.29, 1.82) is 5.26 Å². The van der Waals surface area contributed by atoms with Crippen molar-refractivity contribution in [3.8, 4) is 45.6 Å². The smallest absolute Gasteiger partial charge is 0.391 e. The van der Waals surface area contributed by atoms with Gasteiger partial charge in [0.1, 0.15) is 63.5 Å². The fourth-order valence-corrected chi connectivity index (χ4v) is 12.0. The van der Waals surface area contributed by atoms with Crippen LogP contribution in [0.15, 0.2) is 40.6 Å². The lowest BCUT2D eigenvalue weighted by molar-refractivity contribution is -0.137. The molecule has 0 fully saturated rings. The Balaban J connectivity index is 1.58. The summed E-state index contributed by atoms with van der Waals surface area (Å²) in [5, 5.41) is 53.5. The van der Waals surface area contributed by atoms with Crippen LogP contribution in [0, 0.1) is 28.8 Å². The molecule has 0 saturated heterocycles. The number of ether oxygens (including phenoxy) is 2. The average Bonchev–Trinajstić information content (AvgIpc) is 3.74. The second-order valence-corrected chi connectivity index (χ2v) is 20.9. The first-order valence-electron chi connectivity index (χ1n) is 20.6. The predicted octanol–water partition coefficient (Wildman–Crippen LogP) is 4.55. The summed E-state index contributed by atoms with van der Waals surface area (Å²) in [6.45, 7) is 2.47. The lowest BCUT2D eigenvalue weighted by atomic mass is 9.81. The summed E-state index contributed by atoms with van der Waals surface area (Å²) in [6, 6.07) is 6.42. The lowest BCUT2D eigenvalue weighted by Gasteiger charge is -2.29. The average molecular weight is 1040 g/mol. The summed E-state index contributed by atoms with van der Waals surface area (Å²) in [4.78, 5) is 88.4. The third-order valence-corrected chi connectivity index (χ3v) is 15.2. The Labute approximate surface area is 402 Å². The quantitative estimate of drug-likeness (QED) is 0.0628. The normalized spacial score (nSPS) is 16.4. The van der Waals surface area contributed by atoms with Crippen LogP contribution in [0.5, 0.6) is 17.2 Å². The number of halogens is 3. The van der Waals surface area contributed by atoms with Crippen LogP contribution in [-0.2, 0) is 59.4 Å². The topological polar surface area (TPSA) is 342 Å². The standard InChI is InChI=1S/C44H36F3N4O17PS2/c1-17-14-49-43(60)36-23(8-31(52)53)21(6-29(66-17)25(36)10-33(56)57)38-39(22-7-30-26(11-34(58)59)37(24(22)9-32(54)55)44(61)50-15-18(2)67-30)41(47)42-27(40(38)46)12-35(70-42)71(64,65)51-16-69(62,63)68-20-4-3-19(13-48)28(45)5-20/h3-7,12,17-18,51H,8-11,14-16H2,1-2H3,(H,49,60)(H,50,61)(H,52,53)(H,54,55)(H,56,57)(H,58,59)(H,62,63). The van der Waals surface area contributed by atoms with E-state index in [1.54, 1.807) is 4.72 Å². The third kappa shape index (κ3) is 10.5. The Bertz CT molecular complexity index is 3220. The maximum Gasteiger partial charge on any atom is 0.391 e. The molecule has 8 N–H and O–H groups in total. The minimum atomic E-state index is -5.11. The number of carboxylic acids is 4. The van der Waals surface area contributed by atoms with Gasteiger partial charge in [0.15, 0.2) is 0 Å². The van der Waals surface area contributed by atoms with Gasteiger partial charge in [0.25, 0.3) is 21.8 Å². The Hall–Kier alpha value is -7.56. The first-order valence-corrected chi connectivity index (χ1v) is 24.7. The first-order chi connectivity index (χ1) is 33.3. The zero-order chi connectivity index (χ0) is 52.0. The van der Waals surface area contributed by atoms with Crippen LogP contribution < -0.4 is 29.4 Å². The second-order valence-electron chi connectivity index (χ2n) is 16.0. The molecule has 0 radical (unpaired) electrons. The van der Waals surface area contributed by atoms with Gasteiger partial charge in [-0.15, -0.1) is 11.3 Å². The van der Waals surface area contributed by atoms with E-state index in [0.29, 0.717) is 12.1 Å². The van der Waals surface area contributed by atoms with E-state index >= 15 is 8.78 Å². The largest absolute Gasteiger partial charge is 0.489 e. The maximum absolute atomic E-state index is 18.2. The van der Waals surface area contributed by atoms with E-state index in [4.69, 9.17) is 19.3 Å². The number of carbonyl (C=O) groups is 6. The number of thiophene rings is 1. The van der Waals surface area contributed by atoms with Gasteiger partial charge in [-0.1, -0.05) is 0 Å². The number of aliphatic carboxylic acids is 4. The van der Waals surface area contributed by atoms with E-state index in [-0.39, 0.29) is 35.6 Å². The summed E-state index contributed by atoms with van der Waals surface area (Å²) in [5.41, 5.74) is -7.16. The molecule has 0 aliphatic carbocycles. The number of nitrogens with one attached hydrogen (secondary N) is 3. The summed E-state index contributed by atoms with van der Waals surface area (Å²) < 4.78 is 108. The Morgan fingerprint density at radius 3 is 1.69 bits per heavy atom. The highest BCUT2D eigenvalue weighted by Gasteiger charge is 2.38. The van der Waals surface area contributed by atoms with E-state index < -0.39 is 197 Å². The summed E-state index contributed by atoms with van der Waals surface area (Å²) in [5.74, 6) is -14.3. The van der Waals surface area contributed by atoms with Gasteiger partial charge in [-0.3, -0.25) is 28.8 Å². The van der Waals surface area contributed by atoms with Gasteiger partial charge in [-0.25, -0.2) is 26.2 Å². The minimum Gasteiger partial charge on any atom is -0.489 e. The highest BCUT2D eigenvalue weighted by molar-refractivity contribution is 7.92. The molecule has 7 rings (SSSR count). The van der Waals surface area contributed by atoms with Crippen LogP contribution in [0.4, 0.5) is 13.2 Å². The van der Waals surface area contributed by atoms with E-state index in [0.717, 1.165) is 24.3 Å². The number of carboxylic acid groups (broad SMARTS) is 4. The molecule has 2 aliphatic rings. The molecular weight excluding hydrogens is 1010 g/mol. The molecule has 0 saturated carbocycles. The van der Waals surface area contributed by atoms with Gasteiger partial charge in [-0.2, -0.15) is 9.98 Å². The molecule has 71 heavy (non-hydrogen) atoms. The number of sulfonamides is 1. The summed E-state index contributed by atoms with van der Waals surface area (Å²) in [6.07, 6.45) is -7.66. The molecule has 0 spiro atoms. The Morgan fingerprint density at radius 1 is 0.775 bits per heavy atom. The van der Waals surface area contributed by atoms with Crippen molar-refractivity contribution in [1.82, 2.24) is 15.4 Å². The highest BCUT2D eigenvalue weighted by Crippen LogP contribution is 2.51. The molecule has 3 atom stereocenters. The van der Waals surface area contributed by atoms with Crippen molar-refractivity contribution < 1.29 is 94.2 Å².